The first-order chi connectivity index (χ1) is 6.48. The zero-order valence-corrected chi connectivity index (χ0v) is 7.67. The van der Waals surface area contributed by atoms with Gasteiger partial charge in [-0.2, -0.15) is 0 Å². The molecule has 0 saturated heterocycles. The van der Waals surface area contributed by atoms with Crippen LogP contribution in [0.15, 0.2) is 32.3 Å². The molecule has 14 heavy (non-hydrogen) atoms. The number of oxazole rings is 1. The highest BCUT2D eigenvalue weighted by Crippen LogP contribution is 2.18. The summed E-state index contributed by atoms with van der Waals surface area (Å²) in [7, 11) is -3.85. The van der Waals surface area contributed by atoms with Crippen LogP contribution in [0.25, 0.3) is 11.1 Å². The molecule has 2 aromatic rings. The number of benzene rings is 1. The van der Waals surface area contributed by atoms with E-state index in [2.05, 4.69) is 9.40 Å². The predicted molar refractivity (Wildman–Crippen MR) is 48.2 cm³/mol. The number of hydrogen-bond acceptors (Lipinski definition) is 4. The summed E-state index contributed by atoms with van der Waals surface area (Å²) in [5.41, 5.74) is 0.265. The lowest BCUT2D eigenvalue weighted by atomic mass is 10.3. The van der Waals surface area contributed by atoms with E-state index in [1.807, 2.05) is 0 Å². The van der Waals surface area contributed by atoms with Crippen LogP contribution in [0.4, 0.5) is 0 Å². The molecule has 0 aliphatic rings. The number of fused-ring (bicyclic) bond motifs is 1. The Bertz CT molecular complexity index is 637. The Labute approximate surface area is 78.4 Å². The van der Waals surface area contributed by atoms with Crippen LogP contribution < -0.4 is 10.9 Å². The van der Waals surface area contributed by atoms with Gasteiger partial charge in [0, 0.05) is 0 Å². The molecule has 0 fully saturated rings. The van der Waals surface area contributed by atoms with Crippen molar-refractivity contribution in [3.05, 3.63) is 28.7 Å². The van der Waals surface area contributed by atoms with Gasteiger partial charge in [0.05, 0.1) is 0 Å². The molecule has 0 saturated carbocycles. The lowest BCUT2D eigenvalue weighted by Gasteiger charge is -1.96. The average Bonchev–Trinajstić information content (AvgIpc) is 2.41. The zero-order chi connectivity index (χ0) is 10.3. The van der Waals surface area contributed by atoms with Gasteiger partial charge in [0.2, 0.25) is 10.0 Å². The molecular formula is C7H6N2O4S. The van der Waals surface area contributed by atoms with Gasteiger partial charge in [-0.1, -0.05) is 6.07 Å². The van der Waals surface area contributed by atoms with Gasteiger partial charge in [0.1, 0.15) is 10.4 Å². The first-order valence-electron chi connectivity index (χ1n) is 3.63. The average molecular weight is 214 g/mol. The van der Waals surface area contributed by atoms with Crippen LogP contribution in [0.1, 0.15) is 0 Å². The van der Waals surface area contributed by atoms with Crippen LogP contribution in [0, 0.1) is 0 Å². The largest absolute Gasteiger partial charge is 0.417 e. The quantitative estimate of drug-likeness (QED) is 0.683. The van der Waals surface area contributed by atoms with E-state index in [1.54, 1.807) is 0 Å². The fourth-order valence-corrected chi connectivity index (χ4v) is 1.89. The van der Waals surface area contributed by atoms with Crippen molar-refractivity contribution in [3.63, 3.8) is 0 Å². The fraction of sp³-hybridized carbons (Fsp3) is 0. The van der Waals surface area contributed by atoms with E-state index in [4.69, 9.17) is 5.14 Å². The maximum Gasteiger partial charge on any atom is 0.417 e. The number of rotatable bonds is 1. The minimum Gasteiger partial charge on any atom is -0.408 e. The Morgan fingerprint density at radius 3 is 2.71 bits per heavy atom. The van der Waals surface area contributed by atoms with Crippen molar-refractivity contribution in [2.45, 2.75) is 4.90 Å². The summed E-state index contributed by atoms with van der Waals surface area (Å²) in [5.74, 6) is -0.712. The minimum absolute atomic E-state index is 0.0972. The highest BCUT2D eigenvalue weighted by molar-refractivity contribution is 7.89. The van der Waals surface area contributed by atoms with E-state index in [-0.39, 0.29) is 16.0 Å². The van der Waals surface area contributed by atoms with Crippen LogP contribution in [0.3, 0.4) is 0 Å². The van der Waals surface area contributed by atoms with Crippen molar-refractivity contribution in [2.24, 2.45) is 5.14 Å². The Kier molecular flexibility index (Phi) is 1.73. The molecule has 6 nitrogen and oxygen atoms in total. The molecule has 0 aliphatic carbocycles. The Morgan fingerprint density at radius 1 is 1.36 bits per heavy atom. The third-order valence-corrected chi connectivity index (χ3v) is 2.68. The number of nitrogens with one attached hydrogen (secondary N) is 1. The highest BCUT2D eigenvalue weighted by atomic mass is 32.2. The number of H-pyrrole nitrogens is 1. The fourth-order valence-electron chi connectivity index (χ4n) is 1.18. The van der Waals surface area contributed by atoms with Gasteiger partial charge in [-0.25, -0.2) is 18.4 Å². The van der Waals surface area contributed by atoms with Crippen molar-refractivity contribution in [2.75, 3.05) is 0 Å². The molecule has 74 valence electrons. The van der Waals surface area contributed by atoms with E-state index in [9.17, 15) is 13.2 Å². The second-order valence-corrected chi connectivity index (χ2v) is 4.22. The van der Waals surface area contributed by atoms with Crippen LogP contribution in [0.5, 0.6) is 0 Å². The maximum atomic E-state index is 11.1. The summed E-state index contributed by atoms with van der Waals surface area (Å²) in [6.07, 6.45) is 0. The van der Waals surface area contributed by atoms with Gasteiger partial charge < -0.3 is 4.42 Å². The number of aromatic nitrogens is 1. The second kappa shape index (κ2) is 2.69. The maximum absolute atomic E-state index is 11.1. The summed E-state index contributed by atoms with van der Waals surface area (Å²) < 4.78 is 26.8. The van der Waals surface area contributed by atoms with Gasteiger partial charge >= 0.3 is 5.76 Å². The smallest absolute Gasteiger partial charge is 0.408 e. The molecule has 0 aliphatic heterocycles. The summed E-state index contributed by atoms with van der Waals surface area (Å²) >= 11 is 0. The lowest BCUT2D eigenvalue weighted by molar-refractivity contribution is 0.555. The van der Waals surface area contributed by atoms with Crippen LogP contribution in [-0.2, 0) is 10.0 Å². The zero-order valence-electron chi connectivity index (χ0n) is 6.85. The topological polar surface area (TPSA) is 106 Å². The number of nitrogens with two attached hydrogens (primary N) is 1. The Morgan fingerprint density at radius 2 is 2.07 bits per heavy atom. The molecule has 1 aromatic heterocycles. The first-order valence-corrected chi connectivity index (χ1v) is 5.18. The first kappa shape index (κ1) is 8.97. The molecule has 0 spiro atoms. The standard InChI is InChI=1S/C7H6N2O4S/c8-14(11,12)5-3-1-2-4-6(5)9-7(10)13-4/h1-3H,(H,9,10)(H2,8,11,12). The predicted octanol–water partition coefficient (Wildman–Crippen LogP) is -0.232. The van der Waals surface area contributed by atoms with E-state index in [0.29, 0.717) is 0 Å². The van der Waals surface area contributed by atoms with Crippen molar-refractivity contribution < 1.29 is 12.8 Å². The molecule has 0 radical (unpaired) electrons. The summed E-state index contributed by atoms with van der Waals surface area (Å²) in [5, 5.41) is 4.94. The van der Waals surface area contributed by atoms with E-state index in [0.717, 1.165) is 0 Å². The number of sulfonamides is 1. The summed E-state index contributed by atoms with van der Waals surface area (Å²) in [4.78, 5) is 12.9. The molecule has 0 bridgehead atoms. The number of hydrogen-bond donors (Lipinski definition) is 2. The van der Waals surface area contributed by atoms with Gasteiger partial charge in [-0.05, 0) is 12.1 Å². The molecule has 3 N–H and O–H groups in total. The van der Waals surface area contributed by atoms with Crippen LogP contribution >= 0.6 is 0 Å². The van der Waals surface area contributed by atoms with Gasteiger partial charge in [-0.3, -0.25) is 4.98 Å². The monoisotopic (exact) mass is 214 g/mol. The normalized spacial score (nSPS) is 12.1. The van der Waals surface area contributed by atoms with Gasteiger partial charge in [-0.15, -0.1) is 0 Å². The molecule has 0 amide bonds. The van der Waals surface area contributed by atoms with Gasteiger partial charge in [0.15, 0.2) is 5.58 Å². The number of para-hydroxylation sites is 1. The highest BCUT2D eigenvalue weighted by Gasteiger charge is 2.14. The molecular weight excluding hydrogens is 208 g/mol. The number of primary sulfonamides is 1. The minimum atomic E-state index is -3.85. The SMILES string of the molecule is NS(=O)(=O)c1cccc2oc(=O)[nH]c12. The van der Waals surface area contributed by atoms with E-state index >= 15 is 0 Å². The van der Waals surface area contributed by atoms with Crippen LogP contribution in [-0.4, -0.2) is 13.4 Å². The molecule has 7 heteroatoms. The number of aromatic amines is 1. The Hall–Kier alpha value is -1.60. The van der Waals surface area contributed by atoms with Crippen LogP contribution in [0.2, 0.25) is 0 Å². The molecule has 1 heterocycles. The molecule has 2 rings (SSSR count). The summed E-state index contributed by atoms with van der Waals surface area (Å²) in [6.45, 7) is 0. The van der Waals surface area contributed by atoms with E-state index < -0.39 is 15.8 Å². The molecule has 0 atom stereocenters. The molecule has 0 unspecified atom stereocenters. The van der Waals surface area contributed by atoms with Crippen molar-refractivity contribution in [3.8, 4) is 0 Å². The molecule has 1 aromatic carbocycles. The Balaban J connectivity index is 2.98. The third-order valence-electron chi connectivity index (χ3n) is 1.72. The van der Waals surface area contributed by atoms with E-state index in [1.165, 1.54) is 18.2 Å². The van der Waals surface area contributed by atoms with Crippen molar-refractivity contribution in [1.29, 1.82) is 0 Å². The third kappa shape index (κ3) is 1.32. The van der Waals surface area contributed by atoms with Crippen molar-refractivity contribution in [1.82, 2.24) is 4.98 Å². The van der Waals surface area contributed by atoms with Crippen molar-refractivity contribution >= 4 is 21.1 Å². The van der Waals surface area contributed by atoms with Gasteiger partial charge in [0.25, 0.3) is 0 Å². The lowest BCUT2D eigenvalue weighted by Crippen LogP contribution is -2.12. The second-order valence-electron chi connectivity index (χ2n) is 2.69. The summed E-state index contributed by atoms with van der Waals surface area (Å²) in [6, 6.07) is 4.21.